The number of piperidine rings is 1. The number of para-hydroxylation sites is 1. The molecule has 8 nitrogen and oxygen atoms in total. The zero-order valence-electron chi connectivity index (χ0n) is 16.9. The number of amides is 1. The maximum absolute atomic E-state index is 11.9. The first-order valence-electron chi connectivity index (χ1n) is 9.84. The Morgan fingerprint density at radius 1 is 1.03 bits per heavy atom. The molecule has 1 aliphatic heterocycles. The summed E-state index contributed by atoms with van der Waals surface area (Å²) in [5.74, 6) is 1.12. The number of sulfonamides is 1. The number of benzene rings is 2. The maximum Gasteiger partial charge on any atom is 0.417 e. The molecule has 9 heteroatoms. The van der Waals surface area contributed by atoms with Gasteiger partial charge < -0.3 is 9.47 Å². The third kappa shape index (κ3) is 7.66. The van der Waals surface area contributed by atoms with E-state index >= 15 is 0 Å². The van der Waals surface area contributed by atoms with E-state index in [2.05, 4.69) is 14.9 Å². The zero-order chi connectivity index (χ0) is 21.4. The van der Waals surface area contributed by atoms with Crippen molar-refractivity contribution in [3.63, 3.8) is 0 Å². The van der Waals surface area contributed by atoms with E-state index in [4.69, 9.17) is 9.47 Å². The first-order chi connectivity index (χ1) is 14.4. The molecule has 0 aliphatic carbocycles. The van der Waals surface area contributed by atoms with Crippen LogP contribution in [0.2, 0.25) is 0 Å². The fourth-order valence-corrected chi connectivity index (χ4v) is 4.09. The van der Waals surface area contributed by atoms with Crippen molar-refractivity contribution in [3.05, 3.63) is 54.6 Å². The van der Waals surface area contributed by atoms with Crippen molar-refractivity contribution in [2.24, 2.45) is 0 Å². The molecule has 0 saturated carbocycles. The Labute approximate surface area is 177 Å². The van der Waals surface area contributed by atoms with Gasteiger partial charge in [0, 0.05) is 18.3 Å². The summed E-state index contributed by atoms with van der Waals surface area (Å²) in [4.78, 5) is 14.2. The van der Waals surface area contributed by atoms with E-state index in [1.54, 1.807) is 36.4 Å². The molecule has 0 bridgehead atoms. The molecule has 1 saturated heterocycles. The van der Waals surface area contributed by atoms with Gasteiger partial charge in [0.15, 0.2) is 0 Å². The molecule has 1 aliphatic rings. The summed E-state index contributed by atoms with van der Waals surface area (Å²) in [6.07, 6.45) is 2.23. The molecule has 2 aromatic rings. The second kappa shape index (κ2) is 10.4. The van der Waals surface area contributed by atoms with Crippen LogP contribution in [0.15, 0.2) is 54.6 Å². The molecule has 0 spiro atoms. The third-order valence-corrected chi connectivity index (χ3v) is 5.46. The zero-order valence-corrected chi connectivity index (χ0v) is 17.7. The van der Waals surface area contributed by atoms with Gasteiger partial charge in [0.2, 0.25) is 10.0 Å². The first kappa shape index (κ1) is 22.1. The number of ether oxygens (including phenoxy) is 2. The Hall–Kier alpha value is -2.62. The molecule has 162 valence electrons. The molecule has 0 unspecified atom stereocenters. The van der Waals surface area contributed by atoms with Gasteiger partial charge in [0.1, 0.15) is 18.1 Å². The van der Waals surface area contributed by atoms with Gasteiger partial charge in [-0.05, 0) is 62.3 Å². The molecule has 0 aromatic heterocycles. The van der Waals surface area contributed by atoms with E-state index in [1.165, 1.54) is 6.26 Å². The molecule has 2 N–H and O–H groups in total. The van der Waals surface area contributed by atoms with Gasteiger partial charge in [-0.3, -0.25) is 10.2 Å². The van der Waals surface area contributed by atoms with E-state index < -0.39 is 16.1 Å². The average Bonchev–Trinajstić information content (AvgIpc) is 2.70. The standard InChI is InChI=1S/C21H27N3O5S/c1-30(26,27)23-18-11-13-24(14-12-18)15-16-28-19-7-9-20(10-8-19)29-21(25)22-17-5-3-2-4-6-17/h2-10,18,23H,11-16H2,1H3,(H,22,25). The molecule has 2 aromatic carbocycles. The minimum Gasteiger partial charge on any atom is -0.492 e. The lowest BCUT2D eigenvalue weighted by Gasteiger charge is -2.31. The van der Waals surface area contributed by atoms with Crippen LogP contribution in [0.3, 0.4) is 0 Å². The van der Waals surface area contributed by atoms with E-state index in [9.17, 15) is 13.2 Å². The molecule has 0 atom stereocenters. The fraction of sp³-hybridized carbons (Fsp3) is 0.381. The summed E-state index contributed by atoms with van der Waals surface area (Å²) in [5, 5.41) is 2.66. The van der Waals surface area contributed by atoms with Gasteiger partial charge in [-0.1, -0.05) is 18.2 Å². The molecule has 30 heavy (non-hydrogen) atoms. The quantitative estimate of drug-likeness (QED) is 0.664. The van der Waals surface area contributed by atoms with Crippen molar-refractivity contribution >= 4 is 21.8 Å². The summed E-state index contributed by atoms with van der Waals surface area (Å²) in [7, 11) is -3.15. The maximum atomic E-state index is 11.9. The van der Waals surface area contributed by atoms with Crippen LogP contribution in [0.1, 0.15) is 12.8 Å². The van der Waals surface area contributed by atoms with Crippen LogP contribution >= 0.6 is 0 Å². The number of anilines is 1. The second-order valence-corrected chi connectivity index (χ2v) is 8.99. The second-order valence-electron chi connectivity index (χ2n) is 7.21. The fourth-order valence-electron chi connectivity index (χ4n) is 3.25. The SMILES string of the molecule is CS(=O)(=O)NC1CCN(CCOc2ccc(OC(=O)Nc3ccccc3)cc2)CC1. The highest BCUT2D eigenvalue weighted by molar-refractivity contribution is 7.88. The summed E-state index contributed by atoms with van der Waals surface area (Å²) < 4.78 is 36.3. The van der Waals surface area contributed by atoms with Gasteiger partial charge in [0.05, 0.1) is 6.26 Å². The molecule has 1 heterocycles. The average molecular weight is 434 g/mol. The monoisotopic (exact) mass is 433 g/mol. The van der Waals surface area contributed by atoms with Gasteiger partial charge in [-0.15, -0.1) is 0 Å². The Morgan fingerprint density at radius 2 is 1.67 bits per heavy atom. The predicted octanol–water partition coefficient (Wildman–Crippen LogP) is 2.69. The van der Waals surface area contributed by atoms with Crippen molar-refractivity contribution < 1.29 is 22.7 Å². The topological polar surface area (TPSA) is 97.0 Å². The highest BCUT2D eigenvalue weighted by atomic mass is 32.2. The molecular weight excluding hydrogens is 406 g/mol. The van der Waals surface area contributed by atoms with Crippen LogP contribution < -0.4 is 19.5 Å². The summed E-state index contributed by atoms with van der Waals surface area (Å²) in [6, 6.07) is 16.0. The number of rotatable bonds is 8. The Balaban J connectivity index is 1.35. The van der Waals surface area contributed by atoms with Crippen LogP contribution in [0, 0.1) is 0 Å². The normalized spacial score (nSPS) is 15.5. The van der Waals surface area contributed by atoms with Gasteiger partial charge in [-0.2, -0.15) is 0 Å². The third-order valence-electron chi connectivity index (χ3n) is 4.70. The van der Waals surface area contributed by atoms with Crippen molar-refractivity contribution in [1.82, 2.24) is 9.62 Å². The van der Waals surface area contributed by atoms with Crippen LogP contribution in [0.4, 0.5) is 10.5 Å². The van der Waals surface area contributed by atoms with Gasteiger partial charge >= 0.3 is 6.09 Å². The van der Waals surface area contributed by atoms with Crippen LogP contribution in [-0.2, 0) is 10.0 Å². The molecule has 1 amide bonds. The van der Waals surface area contributed by atoms with Crippen molar-refractivity contribution in [3.8, 4) is 11.5 Å². The number of carbonyl (C=O) groups is 1. The summed E-state index contributed by atoms with van der Waals surface area (Å²) >= 11 is 0. The van der Waals surface area contributed by atoms with Gasteiger partial charge in [0.25, 0.3) is 0 Å². The van der Waals surface area contributed by atoms with Crippen molar-refractivity contribution in [2.45, 2.75) is 18.9 Å². The highest BCUT2D eigenvalue weighted by Gasteiger charge is 2.21. The van der Waals surface area contributed by atoms with Crippen LogP contribution in [0.5, 0.6) is 11.5 Å². The number of likely N-dealkylation sites (tertiary alicyclic amines) is 1. The lowest BCUT2D eigenvalue weighted by molar-refractivity contribution is 0.170. The van der Waals surface area contributed by atoms with Crippen LogP contribution in [-0.4, -0.2) is 57.9 Å². The van der Waals surface area contributed by atoms with E-state index in [1.807, 2.05) is 18.2 Å². The molecular formula is C21H27N3O5S. The first-order valence-corrected chi connectivity index (χ1v) is 11.7. The smallest absolute Gasteiger partial charge is 0.417 e. The Morgan fingerprint density at radius 3 is 2.30 bits per heavy atom. The minimum atomic E-state index is -3.15. The van der Waals surface area contributed by atoms with E-state index in [0.717, 1.165) is 32.5 Å². The lowest BCUT2D eigenvalue weighted by Crippen LogP contribution is -2.45. The van der Waals surface area contributed by atoms with Gasteiger partial charge in [-0.25, -0.2) is 17.9 Å². The molecule has 1 fully saturated rings. The van der Waals surface area contributed by atoms with E-state index in [0.29, 0.717) is 23.8 Å². The number of carbonyl (C=O) groups excluding carboxylic acids is 1. The number of nitrogens with zero attached hydrogens (tertiary/aromatic N) is 1. The molecule has 3 rings (SSSR count). The number of nitrogens with one attached hydrogen (secondary N) is 2. The van der Waals surface area contributed by atoms with Crippen molar-refractivity contribution in [1.29, 1.82) is 0 Å². The van der Waals surface area contributed by atoms with Crippen molar-refractivity contribution in [2.75, 3.05) is 37.8 Å². The van der Waals surface area contributed by atoms with E-state index in [-0.39, 0.29) is 6.04 Å². The highest BCUT2D eigenvalue weighted by Crippen LogP contribution is 2.19. The predicted molar refractivity (Wildman–Crippen MR) is 115 cm³/mol. The largest absolute Gasteiger partial charge is 0.492 e. The minimum absolute atomic E-state index is 0.0174. The number of hydrogen-bond acceptors (Lipinski definition) is 6. The van der Waals surface area contributed by atoms with Crippen LogP contribution in [0.25, 0.3) is 0 Å². The summed E-state index contributed by atoms with van der Waals surface area (Å²) in [6.45, 7) is 2.96. The Bertz CT molecular complexity index is 911. The molecule has 0 radical (unpaired) electrons. The Kier molecular flexibility index (Phi) is 7.67. The number of hydrogen-bond donors (Lipinski definition) is 2. The lowest BCUT2D eigenvalue weighted by atomic mass is 10.1. The summed E-state index contributed by atoms with van der Waals surface area (Å²) in [5.41, 5.74) is 0.665.